The van der Waals surface area contributed by atoms with Gasteiger partial charge in [0.25, 0.3) is 0 Å². The highest BCUT2D eigenvalue weighted by atomic mass is 16.5. The summed E-state index contributed by atoms with van der Waals surface area (Å²) in [5.74, 6) is -0.146. The van der Waals surface area contributed by atoms with Gasteiger partial charge in [0.1, 0.15) is 6.10 Å². The molecule has 1 unspecified atom stereocenters. The fraction of sp³-hybridized carbons (Fsp3) is 0.600. The van der Waals surface area contributed by atoms with Crippen molar-refractivity contribution in [3.63, 3.8) is 0 Å². The van der Waals surface area contributed by atoms with Crippen LogP contribution in [0, 0.1) is 0 Å². The molecule has 44 valence electrons. The third-order valence-corrected chi connectivity index (χ3v) is 1.02. The Bertz CT molecular complexity index is 130. The smallest absolute Gasteiger partial charge is 0.103 e. The SMILES string of the molecule is COC1CN=[C-]C1=O. The van der Waals surface area contributed by atoms with Crippen molar-refractivity contribution in [1.29, 1.82) is 0 Å². The zero-order valence-corrected chi connectivity index (χ0v) is 4.55. The van der Waals surface area contributed by atoms with Gasteiger partial charge in [0.2, 0.25) is 0 Å². The monoisotopic (exact) mass is 112 g/mol. The summed E-state index contributed by atoms with van der Waals surface area (Å²) >= 11 is 0. The highest BCUT2D eigenvalue weighted by molar-refractivity contribution is 6.31. The lowest BCUT2D eigenvalue weighted by molar-refractivity contribution is -0.120. The number of carbonyl (C=O) groups is 1. The van der Waals surface area contributed by atoms with Crippen molar-refractivity contribution >= 4 is 12.0 Å². The van der Waals surface area contributed by atoms with Gasteiger partial charge in [-0.1, -0.05) is 0 Å². The van der Waals surface area contributed by atoms with Gasteiger partial charge in [0.05, 0.1) is 0 Å². The number of aliphatic imine (C=N–C) groups is 1. The van der Waals surface area contributed by atoms with Crippen molar-refractivity contribution in [3.8, 4) is 0 Å². The number of ether oxygens (including phenoxy) is 1. The Labute approximate surface area is 47.4 Å². The van der Waals surface area contributed by atoms with E-state index in [0.717, 1.165) is 0 Å². The van der Waals surface area contributed by atoms with Crippen LogP contribution in [0.4, 0.5) is 0 Å². The second-order valence-corrected chi connectivity index (χ2v) is 1.54. The molecule has 0 aromatic carbocycles. The summed E-state index contributed by atoms with van der Waals surface area (Å²) < 4.78 is 4.72. The lowest BCUT2D eigenvalue weighted by Gasteiger charge is -2.06. The summed E-state index contributed by atoms with van der Waals surface area (Å²) in [6, 6.07) is 0. The number of carbonyl (C=O) groups excluding carboxylic acids is 1. The molecule has 3 nitrogen and oxygen atoms in total. The van der Waals surface area contributed by atoms with Crippen molar-refractivity contribution in [2.75, 3.05) is 13.7 Å². The van der Waals surface area contributed by atoms with Crippen LogP contribution in [0.5, 0.6) is 0 Å². The largest absolute Gasteiger partial charge is 0.493 e. The first-order chi connectivity index (χ1) is 3.84. The molecule has 0 aromatic heterocycles. The summed E-state index contributed by atoms with van der Waals surface area (Å²) in [4.78, 5) is 14.1. The molecule has 1 atom stereocenters. The van der Waals surface area contributed by atoms with Crippen LogP contribution in [0.25, 0.3) is 0 Å². The Morgan fingerprint density at radius 3 is 3.00 bits per heavy atom. The predicted octanol–water partition coefficient (Wildman–Crippen LogP) is -0.468. The summed E-state index contributed by atoms with van der Waals surface area (Å²) in [7, 11) is 1.49. The van der Waals surface area contributed by atoms with Crippen molar-refractivity contribution in [1.82, 2.24) is 0 Å². The molecule has 0 saturated carbocycles. The van der Waals surface area contributed by atoms with Gasteiger partial charge < -0.3 is 20.7 Å². The minimum absolute atomic E-state index is 0.146. The standard InChI is InChI=1S/C5H6NO2/c1-8-5-3-6-2-4(5)7/h5H,3H2,1H3/q-1. The first kappa shape index (κ1) is 5.44. The third kappa shape index (κ3) is 0.767. The van der Waals surface area contributed by atoms with Gasteiger partial charge in [-0.05, 0) is 0 Å². The average Bonchev–Trinajstić information content (AvgIpc) is 2.14. The number of methoxy groups -OCH3 is 1. The maximum absolute atomic E-state index is 10.5. The topological polar surface area (TPSA) is 38.7 Å². The Morgan fingerprint density at radius 1 is 2.00 bits per heavy atom. The van der Waals surface area contributed by atoms with Crippen LogP contribution < -0.4 is 0 Å². The molecule has 0 aromatic rings. The number of hydrogen-bond acceptors (Lipinski definition) is 3. The molecule has 0 saturated heterocycles. The molecular weight excluding hydrogens is 106 g/mol. The van der Waals surface area contributed by atoms with Gasteiger partial charge in [0, 0.05) is 19.4 Å². The Morgan fingerprint density at radius 2 is 2.75 bits per heavy atom. The second-order valence-electron chi connectivity index (χ2n) is 1.54. The molecule has 1 aliphatic rings. The fourth-order valence-corrected chi connectivity index (χ4v) is 0.543. The van der Waals surface area contributed by atoms with E-state index < -0.39 is 0 Å². The van der Waals surface area contributed by atoms with Crippen molar-refractivity contribution in [2.45, 2.75) is 6.10 Å². The van der Waals surface area contributed by atoms with Gasteiger partial charge in [-0.15, -0.1) is 0 Å². The minimum Gasteiger partial charge on any atom is -0.493 e. The number of nitrogens with zero attached hydrogens (tertiary/aromatic N) is 1. The second kappa shape index (κ2) is 2.05. The average molecular weight is 112 g/mol. The number of hydrogen-bond donors (Lipinski definition) is 0. The fourth-order valence-electron chi connectivity index (χ4n) is 0.543. The van der Waals surface area contributed by atoms with E-state index in [1.54, 1.807) is 0 Å². The molecule has 0 N–H and O–H groups in total. The first-order valence-corrected chi connectivity index (χ1v) is 2.33. The molecule has 1 heterocycles. The number of ketones is 1. The van der Waals surface area contributed by atoms with Crippen LogP contribution in [0.15, 0.2) is 4.99 Å². The van der Waals surface area contributed by atoms with E-state index in [1.165, 1.54) is 7.11 Å². The zero-order valence-electron chi connectivity index (χ0n) is 4.55. The maximum Gasteiger partial charge on any atom is 0.103 e. The van der Waals surface area contributed by atoms with Crippen LogP contribution in [0.3, 0.4) is 0 Å². The molecule has 0 spiro atoms. The minimum atomic E-state index is -0.352. The number of rotatable bonds is 1. The lowest BCUT2D eigenvalue weighted by atomic mass is 10.3. The molecule has 0 radical (unpaired) electrons. The van der Waals surface area contributed by atoms with Crippen LogP contribution >= 0.6 is 0 Å². The van der Waals surface area contributed by atoms with Crippen LogP contribution in [-0.4, -0.2) is 31.8 Å². The van der Waals surface area contributed by atoms with E-state index in [0.29, 0.717) is 6.54 Å². The van der Waals surface area contributed by atoms with Crippen molar-refractivity contribution in [3.05, 3.63) is 0 Å². The molecule has 1 rings (SSSR count). The number of Topliss-reactive ketones (excluding diaryl/α,β-unsaturated/α-hetero) is 1. The third-order valence-electron chi connectivity index (χ3n) is 1.02. The van der Waals surface area contributed by atoms with Gasteiger partial charge in [0.15, 0.2) is 0 Å². The molecule has 0 amide bonds. The quantitative estimate of drug-likeness (QED) is 0.430. The van der Waals surface area contributed by atoms with Crippen LogP contribution in [-0.2, 0) is 9.53 Å². The zero-order chi connectivity index (χ0) is 5.98. The molecular formula is C5H6NO2-. The Balaban J connectivity index is 2.51. The van der Waals surface area contributed by atoms with Gasteiger partial charge in [-0.2, -0.15) is 0 Å². The normalized spacial score (nSPS) is 27.1. The van der Waals surface area contributed by atoms with Gasteiger partial charge in [-0.25, -0.2) is 0 Å². The van der Waals surface area contributed by atoms with E-state index in [-0.39, 0.29) is 11.9 Å². The van der Waals surface area contributed by atoms with E-state index >= 15 is 0 Å². The molecule has 0 fully saturated rings. The molecule has 8 heavy (non-hydrogen) atoms. The van der Waals surface area contributed by atoms with Crippen LogP contribution in [0.2, 0.25) is 0 Å². The van der Waals surface area contributed by atoms with Crippen molar-refractivity contribution in [2.24, 2.45) is 4.99 Å². The highest BCUT2D eigenvalue weighted by Crippen LogP contribution is 1.97. The van der Waals surface area contributed by atoms with E-state index in [2.05, 4.69) is 11.2 Å². The summed E-state index contributed by atoms with van der Waals surface area (Å²) in [6.45, 7) is 0.440. The molecule has 1 aliphatic heterocycles. The van der Waals surface area contributed by atoms with E-state index in [1.807, 2.05) is 0 Å². The Kier molecular flexibility index (Phi) is 1.39. The first-order valence-electron chi connectivity index (χ1n) is 2.33. The highest BCUT2D eigenvalue weighted by Gasteiger charge is 2.08. The van der Waals surface area contributed by atoms with E-state index in [9.17, 15) is 4.79 Å². The van der Waals surface area contributed by atoms with Gasteiger partial charge in [-0.3, -0.25) is 0 Å². The molecule has 0 bridgehead atoms. The van der Waals surface area contributed by atoms with E-state index in [4.69, 9.17) is 4.74 Å². The maximum atomic E-state index is 10.5. The van der Waals surface area contributed by atoms with Gasteiger partial charge >= 0.3 is 0 Å². The summed E-state index contributed by atoms with van der Waals surface area (Å²) in [6.07, 6.45) is 1.93. The Hall–Kier alpha value is -0.700. The lowest BCUT2D eigenvalue weighted by Crippen LogP contribution is -2.20. The predicted molar refractivity (Wildman–Crippen MR) is 28.1 cm³/mol. The van der Waals surface area contributed by atoms with Crippen LogP contribution in [0.1, 0.15) is 0 Å². The molecule has 3 heteroatoms. The summed E-state index contributed by atoms with van der Waals surface area (Å²) in [5, 5.41) is 0. The molecule has 0 aliphatic carbocycles. The van der Waals surface area contributed by atoms with Crippen molar-refractivity contribution < 1.29 is 9.53 Å². The summed E-state index contributed by atoms with van der Waals surface area (Å²) in [5.41, 5.74) is 0.